The first kappa shape index (κ1) is 11.5. The summed E-state index contributed by atoms with van der Waals surface area (Å²) in [7, 11) is -1.27. The van der Waals surface area contributed by atoms with Crippen molar-refractivity contribution in [1.82, 2.24) is 0 Å². The molecule has 1 aromatic heterocycles. The van der Waals surface area contributed by atoms with Gasteiger partial charge in [-0.2, -0.15) is 0 Å². The van der Waals surface area contributed by atoms with Crippen LogP contribution in [0.15, 0.2) is 40.8 Å². The molecule has 2 aromatic carbocycles. The normalized spacial score (nSPS) is 12.4. The Labute approximate surface area is 108 Å². The molecule has 1 heterocycles. The maximum Gasteiger partial charge on any atom is 0.135 e. The van der Waals surface area contributed by atoms with Gasteiger partial charge in [0.2, 0.25) is 0 Å². The average Bonchev–Trinajstić information content (AvgIpc) is 2.65. The van der Waals surface area contributed by atoms with Crippen LogP contribution in [0, 0.1) is 6.92 Å². The Hall–Kier alpha value is -1.54. The van der Waals surface area contributed by atoms with Crippen molar-refractivity contribution in [2.24, 2.45) is 0 Å². The second kappa shape index (κ2) is 3.72. The van der Waals surface area contributed by atoms with E-state index in [1.54, 1.807) is 0 Å². The highest BCUT2D eigenvalue weighted by Gasteiger charge is 2.18. The monoisotopic (exact) mass is 254 g/mol. The summed E-state index contributed by atoms with van der Waals surface area (Å²) in [6, 6.07) is 13.1. The lowest BCUT2D eigenvalue weighted by Gasteiger charge is -2.16. The fraction of sp³-hybridized carbons (Fsp3) is 0.250. The van der Waals surface area contributed by atoms with Gasteiger partial charge in [-0.1, -0.05) is 48.6 Å². The third kappa shape index (κ3) is 1.77. The van der Waals surface area contributed by atoms with E-state index >= 15 is 0 Å². The zero-order chi connectivity index (χ0) is 12.9. The molecule has 3 aromatic rings. The van der Waals surface area contributed by atoms with E-state index in [1.165, 1.54) is 21.5 Å². The summed E-state index contributed by atoms with van der Waals surface area (Å²) in [5.41, 5.74) is 3.27. The summed E-state index contributed by atoms with van der Waals surface area (Å²) < 4.78 is 5.89. The fourth-order valence-corrected chi connectivity index (χ4v) is 3.52. The third-order valence-corrected chi connectivity index (χ3v) is 5.53. The van der Waals surface area contributed by atoms with Crippen molar-refractivity contribution in [3.8, 4) is 0 Å². The van der Waals surface area contributed by atoms with Gasteiger partial charge in [-0.05, 0) is 25.1 Å². The van der Waals surface area contributed by atoms with E-state index in [2.05, 4.69) is 63.0 Å². The van der Waals surface area contributed by atoms with Crippen LogP contribution in [0.3, 0.4) is 0 Å². The van der Waals surface area contributed by atoms with E-state index in [1.807, 2.05) is 0 Å². The average molecular weight is 254 g/mol. The molecule has 0 aliphatic heterocycles. The lowest BCUT2D eigenvalue weighted by Crippen LogP contribution is -2.37. The standard InChI is InChI=1S/C16H18OSi/c1-11-5-7-15-13(9-11)14-10-12(18(2,3)4)6-8-16(14)17-15/h5-10H,1-4H3. The molecule has 0 amide bonds. The first-order valence-electron chi connectivity index (χ1n) is 6.38. The van der Waals surface area contributed by atoms with Crippen LogP contribution in [0.4, 0.5) is 0 Å². The highest BCUT2D eigenvalue weighted by Crippen LogP contribution is 2.29. The maximum atomic E-state index is 5.89. The van der Waals surface area contributed by atoms with Gasteiger partial charge >= 0.3 is 0 Å². The molecule has 92 valence electrons. The topological polar surface area (TPSA) is 13.1 Å². The second-order valence-electron chi connectivity index (χ2n) is 6.06. The third-order valence-electron chi connectivity index (χ3n) is 3.49. The number of hydrogen-bond donors (Lipinski definition) is 0. The lowest BCUT2D eigenvalue weighted by atomic mass is 10.1. The molecule has 0 atom stereocenters. The Kier molecular flexibility index (Phi) is 2.39. The van der Waals surface area contributed by atoms with E-state index in [9.17, 15) is 0 Å². The molecule has 18 heavy (non-hydrogen) atoms. The Balaban J connectivity index is 2.38. The predicted octanol–water partition coefficient (Wildman–Crippen LogP) is 4.44. The van der Waals surface area contributed by atoms with Crippen molar-refractivity contribution < 1.29 is 4.42 Å². The molecule has 3 rings (SSSR count). The minimum atomic E-state index is -1.27. The fourth-order valence-electron chi connectivity index (χ4n) is 2.36. The molecule has 0 N–H and O–H groups in total. The van der Waals surface area contributed by atoms with Crippen LogP contribution >= 0.6 is 0 Å². The first-order chi connectivity index (χ1) is 8.45. The minimum Gasteiger partial charge on any atom is -0.456 e. The van der Waals surface area contributed by atoms with Gasteiger partial charge in [0, 0.05) is 10.8 Å². The summed E-state index contributed by atoms with van der Waals surface area (Å²) in [4.78, 5) is 0. The Morgan fingerprint density at radius 2 is 1.44 bits per heavy atom. The Morgan fingerprint density at radius 3 is 2.11 bits per heavy atom. The summed E-state index contributed by atoms with van der Waals surface area (Å²) in [6.45, 7) is 9.26. The van der Waals surface area contributed by atoms with Gasteiger partial charge in [0.05, 0.1) is 8.07 Å². The molecule has 2 heteroatoms. The van der Waals surface area contributed by atoms with E-state index in [0.29, 0.717) is 0 Å². The van der Waals surface area contributed by atoms with Crippen LogP contribution in [0.2, 0.25) is 19.6 Å². The molecule has 0 radical (unpaired) electrons. The molecular formula is C16H18OSi. The summed E-state index contributed by atoms with van der Waals surface area (Å²) in [6.07, 6.45) is 0. The number of fused-ring (bicyclic) bond motifs is 3. The van der Waals surface area contributed by atoms with E-state index in [4.69, 9.17) is 4.42 Å². The summed E-state index contributed by atoms with van der Waals surface area (Å²) in [5, 5.41) is 3.98. The lowest BCUT2D eigenvalue weighted by molar-refractivity contribution is 0.669. The molecule has 0 unspecified atom stereocenters. The van der Waals surface area contributed by atoms with Gasteiger partial charge in [-0.25, -0.2) is 0 Å². The number of hydrogen-bond acceptors (Lipinski definition) is 1. The van der Waals surface area contributed by atoms with Crippen LogP contribution < -0.4 is 5.19 Å². The zero-order valence-corrected chi connectivity index (χ0v) is 12.4. The molecule has 0 saturated carbocycles. The van der Waals surface area contributed by atoms with Crippen LogP contribution in [0.1, 0.15) is 5.56 Å². The van der Waals surface area contributed by atoms with E-state index in [-0.39, 0.29) is 0 Å². The largest absolute Gasteiger partial charge is 0.456 e. The van der Waals surface area contributed by atoms with E-state index < -0.39 is 8.07 Å². The highest BCUT2D eigenvalue weighted by atomic mass is 28.3. The van der Waals surface area contributed by atoms with Crippen molar-refractivity contribution in [3.63, 3.8) is 0 Å². The number of furan rings is 1. The predicted molar refractivity (Wildman–Crippen MR) is 81.4 cm³/mol. The van der Waals surface area contributed by atoms with Crippen LogP contribution in [-0.4, -0.2) is 8.07 Å². The molecule has 0 spiro atoms. The molecule has 0 aliphatic carbocycles. The zero-order valence-electron chi connectivity index (χ0n) is 11.4. The minimum absolute atomic E-state index is 0.989. The van der Waals surface area contributed by atoms with Crippen molar-refractivity contribution in [2.45, 2.75) is 26.6 Å². The molecule has 1 nitrogen and oxygen atoms in total. The number of aryl methyl sites for hydroxylation is 1. The quantitative estimate of drug-likeness (QED) is 0.585. The number of rotatable bonds is 1. The molecule has 0 aliphatic rings. The maximum absolute atomic E-state index is 5.89. The first-order valence-corrected chi connectivity index (χ1v) is 9.88. The highest BCUT2D eigenvalue weighted by molar-refractivity contribution is 6.88. The van der Waals surface area contributed by atoms with Crippen molar-refractivity contribution in [2.75, 3.05) is 0 Å². The van der Waals surface area contributed by atoms with Crippen LogP contribution in [0.25, 0.3) is 21.9 Å². The molecular weight excluding hydrogens is 236 g/mol. The Morgan fingerprint density at radius 1 is 0.833 bits per heavy atom. The van der Waals surface area contributed by atoms with Gasteiger partial charge in [0.1, 0.15) is 11.2 Å². The molecule has 0 saturated heterocycles. The second-order valence-corrected chi connectivity index (χ2v) is 11.1. The molecule has 0 bridgehead atoms. The number of benzene rings is 2. The summed E-state index contributed by atoms with van der Waals surface area (Å²) in [5.74, 6) is 0. The van der Waals surface area contributed by atoms with E-state index in [0.717, 1.165) is 11.2 Å². The van der Waals surface area contributed by atoms with Crippen LogP contribution in [-0.2, 0) is 0 Å². The van der Waals surface area contributed by atoms with Crippen molar-refractivity contribution >= 4 is 35.2 Å². The summed E-state index contributed by atoms with van der Waals surface area (Å²) >= 11 is 0. The van der Waals surface area contributed by atoms with Gasteiger partial charge in [-0.3, -0.25) is 0 Å². The van der Waals surface area contributed by atoms with Gasteiger partial charge in [0.25, 0.3) is 0 Å². The van der Waals surface area contributed by atoms with Crippen molar-refractivity contribution in [3.05, 3.63) is 42.0 Å². The van der Waals surface area contributed by atoms with Crippen molar-refractivity contribution in [1.29, 1.82) is 0 Å². The van der Waals surface area contributed by atoms with Gasteiger partial charge in [-0.15, -0.1) is 0 Å². The smallest absolute Gasteiger partial charge is 0.135 e. The Bertz CT molecular complexity index is 732. The SMILES string of the molecule is Cc1ccc2oc3ccc([Si](C)(C)C)cc3c2c1. The van der Waals surface area contributed by atoms with Crippen LogP contribution in [0.5, 0.6) is 0 Å². The van der Waals surface area contributed by atoms with Gasteiger partial charge in [0.15, 0.2) is 0 Å². The molecule has 0 fully saturated rings. The van der Waals surface area contributed by atoms with Gasteiger partial charge < -0.3 is 4.42 Å².